The summed E-state index contributed by atoms with van der Waals surface area (Å²) in [6.45, 7) is 10.0. The van der Waals surface area contributed by atoms with E-state index in [-0.39, 0.29) is 40.4 Å². The standard InChI is InChI=1S/C41H55N5O5/c1-28-22-32(8-11-35(28)50-5)41-17-14-40(15-18-41,16-19-41)27-45(36-23-30(12-20-42-36)31-24-43-46(25-31)39(2,3)4)37(48)29-6-9-34(10-7-29)51-38(49)44-21-13-33(47)26-44/h8,11-12,20,22-25,29,33-34,47H,6-7,9-10,13-19,21,26-27H2,1-5H3/t29?,33-,34?,40?,41?/m1/s1. The number of benzene rings is 1. The van der Waals surface area contributed by atoms with Crippen molar-refractivity contribution >= 4 is 17.8 Å². The molecule has 5 fully saturated rings. The van der Waals surface area contributed by atoms with Gasteiger partial charge in [0.1, 0.15) is 17.7 Å². The van der Waals surface area contributed by atoms with Crippen LogP contribution < -0.4 is 9.64 Å². The summed E-state index contributed by atoms with van der Waals surface area (Å²) in [6.07, 6.45) is 14.5. The first-order valence-corrected chi connectivity index (χ1v) is 19.0. The molecule has 3 aromatic rings. The van der Waals surface area contributed by atoms with Gasteiger partial charge in [0.05, 0.1) is 24.9 Å². The van der Waals surface area contributed by atoms with Gasteiger partial charge in [-0.15, -0.1) is 0 Å². The van der Waals surface area contributed by atoms with Crippen molar-refractivity contribution in [3.05, 3.63) is 60.0 Å². The van der Waals surface area contributed by atoms with Gasteiger partial charge in [-0.1, -0.05) is 12.1 Å². The van der Waals surface area contributed by atoms with Crippen molar-refractivity contribution in [2.24, 2.45) is 11.3 Å². The number of likely N-dealkylation sites (tertiary alicyclic amines) is 1. The predicted molar refractivity (Wildman–Crippen MR) is 197 cm³/mol. The summed E-state index contributed by atoms with van der Waals surface area (Å²) >= 11 is 0. The SMILES string of the molecule is COc1ccc(C23CCC(CN(C(=O)C4CCC(OC(=O)N5CC[C@@H](O)C5)CC4)c4cc(-c5cnn(C(C)(C)C)c5)ccn4)(CC2)CC3)cc1C. The number of aliphatic hydroxyl groups excluding tert-OH is 1. The summed E-state index contributed by atoms with van der Waals surface area (Å²) in [4.78, 5) is 35.9. The number of β-amino-alcohol motifs (C(OH)–C–C–N with tert-alkyl or cyclic N) is 1. The molecular formula is C41H55N5O5. The highest BCUT2D eigenvalue weighted by Crippen LogP contribution is 2.58. The number of ether oxygens (including phenoxy) is 2. The van der Waals surface area contributed by atoms with E-state index in [1.54, 1.807) is 12.0 Å². The van der Waals surface area contributed by atoms with Gasteiger partial charge in [0.2, 0.25) is 5.91 Å². The summed E-state index contributed by atoms with van der Waals surface area (Å²) in [7, 11) is 1.73. The molecular weight excluding hydrogens is 642 g/mol. The lowest BCUT2D eigenvalue weighted by atomic mass is 9.51. The normalized spacial score (nSPS) is 27.7. The van der Waals surface area contributed by atoms with Crippen LogP contribution in [0.25, 0.3) is 11.1 Å². The Morgan fingerprint density at radius 1 is 0.980 bits per heavy atom. The van der Waals surface area contributed by atoms with Gasteiger partial charge in [-0.05, 0) is 144 Å². The van der Waals surface area contributed by atoms with Gasteiger partial charge in [0.25, 0.3) is 0 Å². The summed E-state index contributed by atoms with van der Waals surface area (Å²) in [6, 6.07) is 10.8. The van der Waals surface area contributed by atoms with Crippen LogP contribution in [-0.4, -0.2) is 75.7 Å². The molecule has 4 aliphatic carbocycles. The minimum absolute atomic E-state index is 0.0424. The van der Waals surface area contributed by atoms with E-state index in [4.69, 9.17) is 14.5 Å². The first-order chi connectivity index (χ1) is 24.4. The Hall–Kier alpha value is -3.92. The van der Waals surface area contributed by atoms with E-state index in [9.17, 15) is 14.7 Å². The van der Waals surface area contributed by atoms with Crippen molar-refractivity contribution in [3.8, 4) is 16.9 Å². The molecule has 0 spiro atoms. The second-order valence-corrected chi connectivity index (χ2v) is 16.9. The minimum Gasteiger partial charge on any atom is -0.496 e. The molecule has 5 aliphatic rings. The Labute approximate surface area is 302 Å². The molecule has 2 bridgehead atoms. The van der Waals surface area contributed by atoms with Crippen LogP contribution in [0.15, 0.2) is 48.9 Å². The molecule has 51 heavy (non-hydrogen) atoms. The molecule has 2 amide bonds. The van der Waals surface area contributed by atoms with Gasteiger partial charge < -0.3 is 19.5 Å². The second kappa shape index (κ2) is 13.9. The van der Waals surface area contributed by atoms with Crippen molar-refractivity contribution in [1.82, 2.24) is 19.7 Å². The number of aryl methyl sites for hydroxylation is 1. The molecule has 0 unspecified atom stereocenters. The highest BCUT2D eigenvalue weighted by molar-refractivity contribution is 5.95. The number of aliphatic hydroxyl groups is 1. The maximum atomic E-state index is 14.7. The van der Waals surface area contributed by atoms with Crippen molar-refractivity contribution in [2.45, 2.75) is 121 Å². The molecule has 10 nitrogen and oxygen atoms in total. The van der Waals surface area contributed by atoms with E-state index >= 15 is 0 Å². The molecule has 10 heteroatoms. The highest BCUT2D eigenvalue weighted by Gasteiger charge is 2.51. The molecule has 1 N–H and O–H groups in total. The fraction of sp³-hybridized carbons (Fsp3) is 0.610. The quantitative estimate of drug-likeness (QED) is 0.261. The first kappa shape index (κ1) is 35.5. The lowest BCUT2D eigenvalue weighted by molar-refractivity contribution is -0.124. The second-order valence-electron chi connectivity index (χ2n) is 16.9. The lowest BCUT2D eigenvalue weighted by Gasteiger charge is -2.55. The van der Waals surface area contributed by atoms with Gasteiger partial charge >= 0.3 is 6.09 Å². The topological polar surface area (TPSA) is 110 Å². The van der Waals surface area contributed by atoms with E-state index in [1.807, 2.05) is 28.0 Å². The Kier molecular flexibility index (Phi) is 9.67. The number of rotatable bonds is 8. The third kappa shape index (κ3) is 7.26. The minimum atomic E-state index is -0.477. The summed E-state index contributed by atoms with van der Waals surface area (Å²) < 4.78 is 13.4. The number of carbonyl (C=O) groups excluding carboxylic acids is 2. The number of methoxy groups -OCH3 is 1. The number of carbonyl (C=O) groups is 2. The Morgan fingerprint density at radius 2 is 1.71 bits per heavy atom. The lowest BCUT2D eigenvalue weighted by Crippen LogP contribution is -2.52. The van der Waals surface area contributed by atoms with Crippen LogP contribution in [0.4, 0.5) is 10.6 Å². The number of hydrogen-bond acceptors (Lipinski definition) is 7. The van der Waals surface area contributed by atoms with E-state index in [1.165, 1.54) is 11.1 Å². The predicted octanol–water partition coefficient (Wildman–Crippen LogP) is 7.40. The fourth-order valence-corrected chi connectivity index (χ4v) is 9.11. The smallest absolute Gasteiger partial charge is 0.410 e. The van der Waals surface area contributed by atoms with Crippen molar-refractivity contribution in [2.75, 3.05) is 31.6 Å². The summed E-state index contributed by atoms with van der Waals surface area (Å²) in [5.74, 6) is 1.60. The Bertz CT molecular complexity index is 1710. The number of hydrogen-bond donors (Lipinski definition) is 1. The van der Waals surface area contributed by atoms with Gasteiger partial charge in [0.15, 0.2) is 0 Å². The number of fused-ring (bicyclic) bond motifs is 3. The van der Waals surface area contributed by atoms with Crippen LogP contribution in [0.5, 0.6) is 5.75 Å². The Balaban J connectivity index is 1.10. The van der Waals surface area contributed by atoms with Crippen molar-refractivity contribution in [1.29, 1.82) is 0 Å². The van der Waals surface area contributed by atoms with E-state index in [2.05, 4.69) is 63.3 Å². The molecule has 3 heterocycles. The van der Waals surface area contributed by atoms with E-state index in [0.29, 0.717) is 57.6 Å². The van der Waals surface area contributed by atoms with Crippen LogP contribution in [0, 0.1) is 18.3 Å². The number of anilines is 1. The molecule has 0 radical (unpaired) electrons. The molecule has 1 saturated heterocycles. The zero-order chi connectivity index (χ0) is 36.0. The number of aromatic nitrogens is 3. The summed E-state index contributed by atoms with van der Waals surface area (Å²) in [5.41, 5.74) is 4.69. The van der Waals surface area contributed by atoms with Gasteiger partial charge in [-0.3, -0.25) is 14.4 Å². The first-order valence-electron chi connectivity index (χ1n) is 19.0. The van der Waals surface area contributed by atoms with Gasteiger partial charge in [-0.25, -0.2) is 9.78 Å². The number of nitrogens with zero attached hydrogens (tertiary/aromatic N) is 5. The third-order valence-electron chi connectivity index (χ3n) is 12.5. The molecule has 1 atom stereocenters. The largest absolute Gasteiger partial charge is 0.496 e. The average Bonchev–Trinajstić information content (AvgIpc) is 3.82. The Morgan fingerprint density at radius 3 is 2.31 bits per heavy atom. The third-order valence-corrected chi connectivity index (χ3v) is 12.5. The molecule has 2 aromatic heterocycles. The van der Waals surface area contributed by atoms with Crippen LogP contribution in [-0.2, 0) is 20.5 Å². The van der Waals surface area contributed by atoms with Crippen LogP contribution >= 0.6 is 0 Å². The van der Waals surface area contributed by atoms with Crippen LogP contribution in [0.2, 0.25) is 0 Å². The van der Waals surface area contributed by atoms with Gasteiger partial charge in [0, 0.05) is 43.5 Å². The maximum Gasteiger partial charge on any atom is 0.410 e. The summed E-state index contributed by atoms with van der Waals surface area (Å²) in [5, 5.41) is 14.5. The zero-order valence-corrected chi connectivity index (χ0v) is 31.1. The highest BCUT2D eigenvalue weighted by atomic mass is 16.6. The molecule has 8 rings (SSSR count). The molecule has 1 aromatic carbocycles. The van der Waals surface area contributed by atoms with Crippen molar-refractivity contribution < 1.29 is 24.2 Å². The average molecular weight is 698 g/mol. The van der Waals surface area contributed by atoms with E-state index in [0.717, 1.165) is 55.4 Å². The fourth-order valence-electron chi connectivity index (χ4n) is 9.11. The zero-order valence-electron chi connectivity index (χ0n) is 31.1. The number of pyridine rings is 1. The van der Waals surface area contributed by atoms with Crippen LogP contribution in [0.1, 0.15) is 103 Å². The monoisotopic (exact) mass is 697 g/mol. The molecule has 1 aliphatic heterocycles. The van der Waals surface area contributed by atoms with Crippen molar-refractivity contribution in [3.63, 3.8) is 0 Å². The number of amides is 2. The van der Waals surface area contributed by atoms with Crippen LogP contribution in [0.3, 0.4) is 0 Å². The molecule has 274 valence electrons. The molecule has 4 saturated carbocycles. The maximum absolute atomic E-state index is 14.7. The van der Waals surface area contributed by atoms with Gasteiger partial charge in [-0.2, -0.15) is 5.10 Å². The van der Waals surface area contributed by atoms with E-state index < -0.39 is 6.10 Å².